The molecule has 0 aliphatic carbocycles. The minimum atomic E-state index is -0.376. The summed E-state index contributed by atoms with van der Waals surface area (Å²) in [5.41, 5.74) is 3.99. The molecule has 6 heteroatoms. The Morgan fingerprint density at radius 3 is 3.09 bits per heavy atom. The summed E-state index contributed by atoms with van der Waals surface area (Å²) in [6, 6.07) is 0. The number of hydrogen-bond acceptors (Lipinski definition) is 5. The van der Waals surface area contributed by atoms with Gasteiger partial charge in [0.05, 0.1) is 16.8 Å². The normalized spacial score (nSPS) is 9.64. The average molecular weight is 190 g/mol. The topological polar surface area (TPSA) is 51.2 Å². The van der Waals surface area contributed by atoms with Gasteiger partial charge in [-0.1, -0.05) is 0 Å². The molecule has 0 aliphatic heterocycles. The Balaban J connectivity index is 2.76. The summed E-state index contributed by atoms with van der Waals surface area (Å²) < 4.78 is 0.583. The Labute approximate surface area is 73.0 Å². The summed E-state index contributed by atoms with van der Waals surface area (Å²) >= 11 is 5.32. The van der Waals surface area contributed by atoms with Crippen LogP contribution in [0.5, 0.6) is 0 Å². The van der Waals surface area contributed by atoms with Gasteiger partial charge in [0.15, 0.2) is 5.69 Å². The lowest BCUT2D eigenvalue weighted by atomic mass is 10.5. The Morgan fingerprint density at radius 2 is 2.64 bits per heavy atom. The Kier molecular flexibility index (Phi) is 2.86. The lowest BCUT2D eigenvalue weighted by molar-refractivity contribution is 0.0530. The lowest BCUT2D eigenvalue weighted by Gasteiger charge is -1.97. The highest BCUT2D eigenvalue weighted by Gasteiger charge is 2.11. The van der Waals surface area contributed by atoms with Gasteiger partial charge in [-0.05, 0) is 0 Å². The fourth-order valence-corrected chi connectivity index (χ4v) is 1.35. The van der Waals surface area contributed by atoms with Crippen molar-refractivity contribution in [1.29, 1.82) is 0 Å². The second-order valence-electron chi connectivity index (χ2n) is 1.64. The maximum absolute atomic E-state index is 11.0. The van der Waals surface area contributed by atoms with E-state index >= 15 is 0 Å². The maximum atomic E-state index is 11.0. The lowest BCUT2D eigenvalue weighted by Crippen LogP contribution is -2.22. The van der Waals surface area contributed by atoms with Gasteiger partial charge in [0, 0.05) is 0 Å². The third-order valence-corrected chi connectivity index (χ3v) is 2.11. The quantitative estimate of drug-likeness (QED) is 0.534. The summed E-state index contributed by atoms with van der Waals surface area (Å²) in [7, 11) is 1.36. The first-order chi connectivity index (χ1) is 5.25. The third kappa shape index (κ3) is 1.92. The van der Waals surface area contributed by atoms with Crippen molar-refractivity contribution in [3.63, 3.8) is 0 Å². The van der Waals surface area contributed by atoms with E-state index in [0.29, 0.717) is 9.90 Å². The van der Waals surface area contributed by atoms with Crippen molar-refractivity contribution in [2.24, 2.45) is 0 Å². The number of amides is 1. The number of nitrogens with zero attached hydrogens (tertiary/aromatic N) is 1. The Bertz CT molecular complexity index is 261. The van der Waals surface area contributed by atoms with Gasteiger partial charge in [0.1, 0.15) is 0 Å². The van der Waals surface area contributed by atoms with E-state index < -0.39 is 0 Å². The van der Waals surface area contributed by atoms with E-state index in [9.17, 15) is 4.79 Å². The summed E-state index contributed by atoms with van der Waals surface area (Å²) in [5.74, 6) is -0.376. The molecule has 0 spiro atoms. The number of hydrogen-bond donors (Lipinski definition) is 2. The zero-order valence-corrected chi connectivity index (χ0v) is 7.41. The van der Waals surface area contributed by atoms with Crippen LogP contribution in [0.3, 0.4) is 0 Å². The van der Waals surface area contributed by atoms with Crippen molar-refractivity contribution < 1.29 is 9.63 Å². The molecule has 0 atom stereocenters. The number of thiazole rings is 1. The van der Waals surface area contributed by atoms with Crippen LogP contribution in [-0.2, 0) is 4.84 Å². The van der Waals surface area contributed by atoms with Crippen LogP contribution >= 0.6 is 24.0 Å². The number of carbonyl (C=O) groups is 1. The first-order valence-corrected chi connectivity index (χ1v) is 4.04. The molecule has 0 unspecified atom stereocenters. The molecule has 1 aromatic heterocycles. The van der Waals surface area contributed by atoms with Crippen molar-refractivity contribution in [2.75, 3.05) is 7.11 Å². The number of aromatic nitrogens is 1. The second-order valence-corrected chi connectivity index (χ2v) is 3.25. The van der Waals surface area contributed by atoms with E-state index in [2.05, 4.69) is 27.9 Å². The van der Waals surface area contributed by atoms with Crippen LogP contribution in [0.1, 0.15) is 10.5 Å². The largest absolute Gasteiger partial charge is 0.295 e. The van der Waals surface area contributed by atoms with Gasteiger partial charge in [-0.2, -0.15) is 0 Å². The Morgan fingerprint density at radius 1 is 1.91 bits per heavy atom. The van der Waals surface area contributed by atoms with E-state index in [1.807, 2.05) is 0 Å². The zero-order chi connectivity index (χ0) is 8.27. The van der Waals surface area contributed by atoms with E-state index in [4.69, 9.17) is 0 Å². The van der Waals surface area contributed by atoms with Crippen LogP contribution in [0, 0.1) is 0 Å². The molecule has 0 fully saturated rings. The summed E-state index contributed by atoms with van der Waals surface area (Å²) in [6.45, 7) is 0. The molecule has 1 heterocycles. The first-order valence-electron chi connectivity index (χ1n) is 2.71. The monoisotopic (exact) mass is 190 g/mol. The summed E-state index contributed by atoms with van der Waals surface area (Å²) in [6.07, 6.45) is 0. The highest BCUT2D eigenvalue weighted by Crippen LogP contribution is 2.16. The standard InChI is InChI=1S/C5H6N2O2S2/c1-9-7-4(8)3-5(10)11-2-6-3/h2,10H,1H3,(H,7,8). The molecule has 0 aliphatic rings. The number of rotatable bonds is 2. The van der Waals surface area contributed by atoms with Crippen LogP contribution in [0.2, 0.25) is 0 Å². The zero-order valence-electron chi connectivity index (χ0n) is 5.70. The summed E-state index contributed by atoms with van der Waals surface area (Å²) in [5, 5.41) is 0. The van der Waals surface area contributed by atoms with Crippen LogP contribution in [0.25, 0.3) is 0 Å². The van der Waals surface area contributed by atoms with Gasteiger partial charge in [-0.15, -0.1) is 24.0 Å². The predicted octanol–water partition coefficient (Wildman–Crippen LogP) is 0.723. The van der Waals surface area contributed by atoms with Gasteiger partial charge >= 0.3 is 0 Å². The molecule has 11 heavy (non-hydrogen) atoms. The first kappa shape index (κ1) is 8.51. The number of thiol groups is 1. The molecule has 1 aromatic rings. The van der Waals surface area contributed by atoms with Crippen molar-refractivity contribution >= 4 is 29.9 Å². The maximum Gasteiger partial charge on any atom is 0.295 e. The molecule has 1 N–H and O–H groups in total. The van der Waals surface area contributed by atoms with Crippen molar-refractivity contribution in [1.82, 2.24) is 10.5 Å². The molecule has 1 rings (SSSR count). The second kappa shape index (κ2) is 3.70. The van der Waals surface area contributed by atoms with Gasteiger partial charge < -0.3 is 0 Å². The van der Waals surface area contributed by atoms with Gasteiger partial charge in [-0.3, -0.25) is 9.63 Å². The molecule has 0 bridgehead atoms. The number of hydroxylamine groups is 1. The van der Waals surface area contributed by atoms with E-state index in [0.717, 1.165) is 0 Å². The van der Waals surface area contributed by atoms with Crippen LogP contribution in [-0.4, -0.2) is 18.0 Å². The molecule has 60 valence electrons. The average Bonchev–Trinajstić information content (AvgIpc) is 2.36. The number of nitrogens with one attached hydrogen (secondary N) is 1. The molecule has 0 aromatic carbocycles. The molecule has 0 saturated carbocycles. The highest BCUT2D eigenvalue weighted by molar-refractivity contribution is 7.82. The molecule has 4 nitrogen and oxygen atoms in total. The molecule has 0 radical (unpaired) electrons. The smallest absolute Gasteiger partial charge is 0.277 e. The minimum absolute atomic E-state index is 0.292. The highest BCUT2D eigenvalue weighted by atomic mass is 32.2. The predicted molar refractivity (Wildman–Crippen MR) is 43.8 cm³/mol. The fourth-order valence-electron chi connectivity index (χ4n) is 0.537. The SMILES string of the molecule is CONC(=O)c1ncsc1S. The van der Waals surface area contributed by atoms with E-state index in [1.165, 1.54) is 18.4 Å². The Hall–Kier alpha value is -0.590. The number of carbonyl (C=O) groups excluding carboxylic acids is 1. The molecule has 1 amide bonds. The molecular weight excluding hydrogens is 184 g/mol. The van der Waals surface area contributed by atoms with Gasteiger partial charge in [-0.25, -0.2) is 10.5 Å². The van der Waals surface area contributed by atoms with E-state index in [-0.39, 0.29) is 5.91 Å². The van der Waals surface area contributed by atoms with Gasteiger partial charge in [0.25, 0.3) is 5.91 Å². The third-order valence-electron chi connectivity index (χ3n) is 0.959. The van der Waals surface area contributed by atoms with Crippen molar-refractivity contribution in [3.8, 4) is 0 Å². The molecule has 0 saturated heterocycles. The van der Waals surface area contributed by atoms with Crippen molar-refractivity contribution in [3.05, 3.63) is 11.2 Å². The minimum Gasteiger partial charge on any atom is -0.277 e. The van der Waals surface area contributed by atoms with Crippen molar-refractivity contribution in [2.45, 2.75) is 4.21 Å². The van der Waals surface area contributed by atoms with E-state index in [1.54, 1.807) is 5.51 Å². The van der Waals surface area contributed by atoms with Crippen LogP contribution in [0.4, 0.5) is 0 Å². The molecular formula is C5H6N2O2S2. The van der Waals surface area contributed by atoms with Crippen LogP contribution < -0.4 is 5.48 Å². The fraction of sp³-hybridized carbons (Fsp3) is 0.200. The van der Waals surface area contributed by atoms with Crippen LogP contribution in [0.15, 0.2) is 9.72 Å². The van der Waals surface area contributed by atoms with Gasteiger partial charge in [0.2, 0.25) is 0 Å². The summed E-state index contributed by atoms with van der Waals surface area (Å²) in [4.78, 5) is 19.2.